The minimum atomic E-state index is -0.574. The second-order valence-corrected chi connectivity index (χ2v) is 4.15. The van der Waals surface area contributed by atoms with Crippen LogP contribution in [0.25, 0.3) is 0 Å². The van der Waals surface area contributed by atoms with Crippen LogP contribution in [-0.2, 0) is 4.79 Å². The Bertz CT molecular complexity index is 661. The number of ketones is 1. The van der Waals surface area contributed by atoms with Gasteiger partial charge in [-0.25, -0.2) is 0 Å². The summed E-state index contributed by atoms with van der Waals surface area (Å²) < 4.78 is 5.15. The van der Waals surface area contributed by atoms with E-state index in [-0.39, 0.29) is 17.3 Å². The average molecular weight is 292 g/mol. The summed E-state index contributed by atoms with van der Waals surface area (Å²) in [4.78, 5) is 23.6. The lowest BCUT2D eigenvalue weighted by molar-refractivity contribution is -0.113. The van der Waals surface area contributed by atoms with Crippen molar-refractivity contribution in [3.63, 3.8) is 0 Å². The zero-order valence-corrected chi connectivity index (χ0v) is 11.2. The number of benzene rings is 1. The van der Waals surface area contributed by atoms with E-state index in [2.05, 4.69) is 10.6 Å². The molecule has 1 aromatic carbocycles. The molecule has 0 aliphatic carbocycles. The van der Waals surface area contributed by atoms with Crippen LogP contribution in [0.3, 0.4) is 0 Å². The Balaban J connectivity index is 2.56. The molecule has 0 fully saturated rings. The molecule has 0 bridgehead atoms. The molecule has 0 aromatic heterocycles. The molecular formula is C13H10ClN3O3. The fourth-order valence-electron chi connectivity index (χ4n) is 1.81. The van der Waals surface area contributed by atoms with Crippen LogP contribution in [0.15, 0.2) is 29.6 Å². The Morgan fingerprint density at radius 2 is 2.20 bits per heavy atom. The van der Waals surface area contributed by atoms with Crippen molar-refractivity contribution >= 4 is 29.0 Å². The summed E-state index contributed by atoms with van der Waals surface area (Å²) in [6.45, 7) is 0. The average Bonchev–Trinajstić information content (AvgIpc) is 2.47. The van der Waals surface area contributed by atoms with Crippen LogP contribution in [0.1, 0.15) is 10.4 Å². The molecule has 0 saturated heterocycles. The molecule has 2 N–H and O–H groups in total. The molecule has 1 aliphatic heterocycles. The number of rotatable bonds is 3. The highest BCUT2D eigenvalue weighted by atomic mass is 35.5. The lowest BCUT2D eigenvalue weighted by Crippen LogP contribution is -2.35. The van der Waals surface area contributed by atoms with E-state index in [1.54, 1.807) is 24.3 Å². The maximum atomic E-state index is 12.0. The number of alkyl halides is 1. The molecule has 2 rings (SSSR count). The van der Waals surface area contributed by atoms with Gasteiger partial charge >= 0.3 is 0 Å². The lowest BCUT2D eigenvalue weighted by atomic mass is 10.1. The Labute approximate surface area is 120 Å². The third-order valence-corrected chi connectivity index (χ3v) is 2.98. The summed E-state index contributed by atoms with van der Waals surface area (Å²) in [5.41, 5.74) is 0.539. The number of hydrogen-bond acceptors (Lipinski definition) is 5. The number of nitrogens with zero attached hydrogens (tertiary/aromatic N) is 1. The standard InChI is InChI=1S/C13H10ClN3O3/c1-20-10-4-2-3-7-11(10)16-12(17-13(7)19)8(6-15)9(18)5-14/h2-4,16H,5H2,1H3,(H,17,19)/b12-8-. The predicted molar refractivity (Wildman–Crippen MR) is 72.4 cm³/mol. The Morgan fingerprint density at radius 3 is 2.80 bits per heavy atom. The maximum absolute atomic E-state index is 12.0. The number of carbonyl (C=O) groups is 2. The van der Waals surface area contributed by atoms with Crippen LogP contribution >= 0.6 is 11.6 Å². The number of fused-ring (bicyclic) bond motifs is 1. The molecule has 0 radical (unpaired) electrons. The summed E-state index contributed by atoms with van der Waals surface area (Å²) in [6, 6.07) is 6.68. The summed E-state index contributed by atoms with van der Waals surface area (Å²) in [6.07, 6.45) is 0. The topological polar surface area (TPSA) is 91.2 Å². The minimum absolute atomic E-state index is 0.0140. The molecule has 0 unspecified atom stereocenters. The largest absolute Gasteiger partial charge is 0.495 e. The van der Waals surface area contributed by atoms with Crippen LogP contribution in [0.5, 0.6) is 5.75 Å². The van der Waals surface area contributed by atoms with Crippen LogP contribution in [0.4, 0.5) is 5.69 Å². The summed E-state index contributed by atoms with van der Waals surface area (Å²) in [7, 11) is 1.46. The van der Waals surface area contributed by atoms with E-state index in [1.165, 1.54) is 7.11 Å². The lowest BCUT2D eigenvalue weighted by Gasteiger charge is -2.23. The summed E-state index contributed by atoms with van der Waals surface area (Å²) in [5, 5.41) is 14.3. The minimum Gasteiger partial charge on any atom is -0.495 e. The summed E-state index contributed by atoms with van der Waals surface area (Å²) >= 11 is 5.44. The number of nitriles is 1. The van der Waals surface area contributed by atoms with E-state index >= 15 is 0 Å². The number of amides is 1. The summed E-state index contributed by atoms with van der Waals surface area (Å²) in [5.74, 6) is -0.897. The van der Waals surface area contributed by atoms with E-state index in [0.29, 0.717) is 17.0 Å². The fraction of sp³-hybridized carbons (Fsp3) is 0.154. The quantitative estimate of drug-likeness (QED) is 0.499. The Morgan fingerprint density at radius 1 is 1.45 bits per heavy atom. The smallest absolute Gasteiger partial charge is 0.259 e. The van der Waals surface area contributed by atoms with Crippen LogP contribution in [-0.4, -0.2) is 24.7 Å². The third kappa shape index (κ3) is 2.31. The van der Waals surface area contributed by atoms with Gasteiger partial charge in [-0.15, -0.1) is 11.6 Å². The number of carbonyl (C=O) groups excluding carboxylic acids is 2. The second kappa shape index (κ2) is 5.63. The van der Waals surface area contributed by atoms with Crippen LogP contribution in [0.2, 0.25) is 0 Å². The third-order valence-electron chi connectivity index (χ3n) is 2.74. The van der Waals surface area contributed by atoms with Gasteiger partial charge in [-0.3, -0.25) is 9.59 Å². The van der Waals surface area contributed by atoms with Crippen molar-refractivity contribution in [3.05, 3.63) is 35.2 Å². The first-order chi connectivity index (χ1) is 9.62. The second-order valence-electron chi connectivity index (χ2n) is 3.88. The fourth-order valence-corrected chi connectivity index (χ4v) is 1.94. The number of hydrogen-bond donors (Lipinski definition) is 2. The monoisotopic (exact) mass is 291 g/mol. The zero-order valence-electron chi connectivity index (χ0n) is 10.5. The van der Waals surface area contributed by atoms with Crippen molar-refractivity contribution in [3.8, 4) is 11.8 Å². The zero-order chi connectivity index (χ0) is 14.7. The number of anilines is 1. The molecule has 102 valence electrons. The van der Waals surface area contributed by atoms with Gasteiger partial charge in [0.2, 0.25) is 0 Å². The first kappa shape index (κ1) is 13.9. The molecule has 0 atom stereocenters. The molecule has 1 aliphatic rings. The van der Waals surface area contributed by atoms with Gasteiger partial charge < -0.3 is 15.4 Å². The molecule has 1 aromatic rings. The van der Waals surface area contributed by atoms with Crippen molar-refractivity contribution in [1.29, 1.82) is 5.26 Å². The van der Waals surface area contributed by atoms with Crippen molar-refractivity contribution in [2.75, 3.05) is 18.3 Å². The van der Waals surface area contributed by atoms with Crippen molar-refractivity contribution in [1.82, 2.24) is 5.32 Å². The van der Waals surface area contributed by atoms with Gasteiger partial charge in [0.25, 0.3) is 5.91 Å². The van der Waals surface area contributed by atoms with Gasteiger partial charge in [-0.05, 0) is 12.1 Å². The molecule has 0 saturated carbocycles. The molecule has 1 heterocycles. The molecule has 7 heteroatoms. The number of para-hydroxylation sites is 1. The van der Waals surface area contributed by atoms with Gasteiger partial charge in [-0.2, -0.15) is 5.26 Å². The number of methoxy groups -OCH3 is 1. The number of Topliss-reactive ketones (excluding diaryl/α,β-unsaturated/α-hetero) is 1. The number of ether oxygens (including phenoxy) is 1. The van der Waals surface area contributed by atoms with E-state index in [4.69, 9.17) is 21.6 Å². The molecule has 1 amide bonds. The van der Waals surface area contributed by atoms with Gasteiger partial charge in [0.1, 0.15) is 23.2 Å². The maximum Gasteiger partial charge on any atom is 0.259 e. The van der Waals surface area contributed by atoms with E-state index in [1.807, 2.05) is 0 Å². The molecule has 20 heavy (non-hydrogen) atoms. The van der Waals surface area contributed by atoms with Crippen molar-refractivity contribution in [2.45, 2.75) is 0 Å². The van der Waals surface area contributed by atoms with Crippen LogP contribution in [0, 0.1) is 11.3 Å². The van der Waals surface area contributed by atoms with Crippen molar-refractivity contribution in [2.24, 2.45) is 0 Å². The highest BCUT2D eigenvalue weighted by Gasteiger charge is 2.26. The van der Waals surface area contributed by atoms with E-state index in [9.17, 15) is 9.59 Å². The molecular weight excluding hydrogens is 282 g/mol. The number of nitrogens with one attached hydrogen (secondary N) is 2. The van der Waals surface area contributed by atoms with Crippen molar-refractivity contribution < 1.29 is 14.3 Å². The van der Waals surface area contributed by atoms with Gasteiger partial charge in [0.15, 0.2) is 5.78 Å². The number of allylic oxidation sites excluding steroid dienone is 1. The highest BCUT2D eigenvalue weighted by Crippen LogP contribution is 2.32. The van der Waals surface area contributed by atoms with E-state index < -0.39 is 11.7 Å². The molecule has 6 nitrogen and oxygen atoms in total. The van der Waals surface area contributed by atoms with Gasteiger partial charge in [0.05, 0.1) is 24.2 Å². The van der Waals surface area contributed by atoms with Gasteiger partial charge in [0, 0.05) is 0 Å². The predicted octanol–water partition coefficient (Wildman–Crippen LogP) is 1.39. The first-order valence-electron chi connectivity index (χ1n) is 5.61. The molecule has 0 spiro atoms. The Kier molecular flexibility index (Phi) is 3.91. The number of halogens is 1. The van der Waals surface area contributed by atoms with E-state index in [0.717, 1.165) is 0 Å². The first-order valence-corrected chi connectivity index (χ1v) is 6.14. The van der Waals surface area contributed by atoms with Crippen LogP contribution < -0.4 is 15.4 Å². The normalized spacial score (nSPS) is 15.3. The van der Waals surface area contributed by atoms with Gasteiger partial charge in [-0.1, -0.05) is 6.07 Å². The highest BCUT2D eigenvalue weighted by molar-refractivity contribution is 6.31. The SMILES string of the molecule is COc1cccc2c1N/C(=C(\C#N)C(=O)CCl)NC2=O. The Hall–Kier alpha value is -2.52.